The Balaban J connectivity index is 0.755. The third-order valence-corrected chi connectivity index (χ3v) is 12.1. The number of carbonyl (C=O) groups is 3. The van der Waals surface area contributed by atoms with Crippen molar-refractivity contribution in [2.24, 2.45) is 15.9 Å². The summed E-state index contributed by atoms with van der Waals surface area (Å²) < 4.78 is 7.33. The lowest BCUT2D eigenvalue weighted by Gasteiger charge is -2.08. The molecule has 22 heteroatoms. The zero-order valence-corrected chi connectivity index (χ0v) is 38.5. The average molecular weight is 954 g/mol. The summed E-state index contributed by atoms with van der Waals surface area (Å²) in [7, 11) is 0. The van der Waals surface area contributed by atoms with Crippen molar-refractivity contribution in [1.82, 2.24) is 45.6 Å². The first-order valence-corrected chi connectivity index (χ1v) is 23.8. The van der Waals surface area contributed by atoms with Crippen LogP contribution in [0.25, 0.3) is 22.4 Å². The molecule has 6 N–H and O–H groups in total. The van der Waals surface area contributed by atoms with Gasteiger partial charge >= 0.3 is 5.91 Å². The Kier molecular flexibility index (Phi) is 15.6. The van der Waals surface area contributed by atoms with Gasteiger partial charge in [-0.25, -0.2) is 24.6 Å². The smallest absolute Gasteiger partial charge is 0.303 e. The molecule has 19 nitrogen and oxygen atoms in total. The van der Waals surface area contributed by atoms with Gasteiger partial charge in [0, 0.05) is 77.1 Å². The van der Waals surface area contributed by atoms with Gasteiger partial charge in [-0.1, -0.05) is 84.4 Å². The first-order valence-electron chi connectivity index (χ1n) is 21.1. The molecule has 0 radical (unpaired) electrons. The summed E-state index contributed by atoms with van der Waals surface area (Å²) in [6, 6.07) is 23.8. The predicted octanol–water partition coefficient (Wildman–Crippen LogP) is 4.86. The number of nitrogens with zero attached hydrogens (tertiary/aromatic N) is 10. The minimum atomic E-state index is -0.433. The fourth-order valence-corrected chi connectivity index (χ4v) is 8.26. The average Bonchev–Trinajstić information content (AvgIpc) is 4.20. The lowest BCUT2D eigenvalue weighted by Crippen LogP contribution is -2.29. The number of hydrazone groups is 2. The molecule has 1 aliphatic heterocycles. The quantitative estimate of drug-likeness (QED) is 0.0226. The number of nitrogens with two attached hydrogens (primary N) is 1. The van der Waals surface area contributed by atoms with Crippen molar-refractivity contribution in [3.05, 3.63) is 118 Å². The van der Waals surface area contributed by atoms with Crippen LogP contribution < -0.4 is 32.1 Å². The highest BCUT2D eigenvalue weighted by atomic mass is 32.2. The zero-order chi connectivity index (χ0) is 46.4. The van der Waals surface area contributed by atoms with E-state index in [1.165, 1.54) is 27.7 Å². The van der Waals surface area contributed by atoms with E-state index in [0.29, 0.717) is 74.6 Å². The monoisotopic (exact) mass is 953 g/mol. The molecule has 4 aromatic heterocycles. The molecule has 1 aliphatic rings. The normalized spacial score (nSPS) is 12.8. The minimum Gasteiger partial charge on any atom is -0.378 e. The Morgan fingerprint density at radius 1 is 0.925 bits per heavy atom. The molecule has 3 amide bonds. The Morgan fingerprint density at radius 3 is 2.49 bits per heavy atom. The van der Waals surface area contributed by atoms with Gasteiger partial charge in [0.25, 0.3) is 11.8 Å². The summed E-state index contributed by atoms with van der Waals surface area (Å²) in [4.78, 5) is 57.0. The van der Waals surface area contributed by atoms with Gasteiger partial charge in [-0.05, 0) is 36.2 Å². The van der Waals surface area contributed by atoms with Crippen molar-refractivity contribution in [2.75, 3.05) is 60.9 Å². The van der Waals surface area contributed by atoms with Crippen LogP contribution in [0.1, 0.15) is 40.4 Å². The third kappa shape index (κ3) is 11.9. The summed E-state index contributed by atoms with van der Waals surface area (Å²) in [5.41, 5.74) is 14.5. The van der Waals surface area contributed by atoms with Crippen molar-refractivity contribution in [3.63, 3.8) is 0 Å². The van der Waals surface area contributed by atoms with Crippen LogP contribution in [0.3, 0.4) is 0 Å². The Morgan fingerprint density at radius 2 is 1.73 bits per heavy atom. The largest absolute Gasteiger partial charge is 0.378 e. The van der Waals surface area contributed by atoms with Crippen molar-refractivity contribution in [1.29, 1.82) is 0 Å². The number of thioether (sulfide) groups is 1. The number of thiazole rings is 2. The molecule has 340 valence electrons. The molecule has 3 aromatic carbocycles. The van der Waals surface area contributed by atoms with Crippen LogP contribution in [0.4, 0.5) is 16.1 Å². The second-order valence-corrected chi connectivity index (χ2v) is 17.1. The molecular weight excluding hydrogens is 911 g/mol. The molecule has 0 atom stereocenters. The standard InChI is InChI=1S/C45H43N15O4S3/c1-2-25-65-44-52-39(48-19-18-46)38-40(53-44)59(58-55-38)27-30-10-8-29(9-11-30)12-17-35(61)47-20-23-64-24-21-49-41(62)33-15-13-31(14-16-33)34-28-67-45(51-34)60-42(63)37(54-56-43-50-22-26-66-43)36(57-60)32-6-4-3-5-7-32/h3-11,13-16,22,26,28H,2,18-21,23-25,27,46H2,1H3,(H,47,61)(H,49,62)(H,50,56)(H,48,52,53)/b54-37+. The summed E-state index contributed by atoms with van der Waals surface area (Å²) in [6.45, 7) is 4.57. The van der Waals surface area contributed by atoms with Crippen molar-refractivity contribution < 1.29 is 19.1 Å². The van der Waals surface area contributed by atoms with E-state index in [2.05, 4.69) is 75.6 Å². The van der Waals surface area contributed by atoms with Crippen molar-refractivity contribution in [2.45, 2.75) is 25.0 Å². The van der Waals surface area contributed by atoms with E-state index in [0.717, 1.165) is 28.9 Å². The number of hydrogen-bond donors (Lipinski definition) is 5. The minimum absolute atomic E-state index is 0.140. The first-order chi connectivity index (χ1) is 32.9. The number of aromatic nitrogens is 7. The highest BCUT2D eigenvalue weighted by molar-refractivity contribution is 7.99. The Labute approximate surface area is 396 Å². The van der Waals surface area contributed by atoms with Crippen LogP contribution in [-0.2, 0) is 20.9 Å². The van der Waals surface area contributed by atoms with Gasteiger partial charge in [-0.15, -0.1) is 27.8 Å². The molecule has 0 saturated carbocycles. The van der Waals surface area contributed by atoms with E-state index in [4.69, 9.17) is 15.5 Å². The Bertz CT molecular complexity index is 2950. The van der Waals surface area contributed by atoms with Crippen LogP contribution in [-0.4, -0.2) is 109 Å². The number of amides is 3. The maximum absolute atomic E-state index is 13.6. The van der Waals surface area contributed by atoms with E-state index in [1.54, 1.807) is 52.3 Å². The number of anilines is 3. The van der Waals surface area contributed by atoms with Crippen LogP contribution in [0.5, 0.6) is 0 Å². The van der Waals surface area contributed by atoms with Gasteiger partial charge < -0.3 is 26.4 Å². The van der Waals surface area contributed by atoms with Gasteiger partial charge in [0.15, 0.2) is 27.8 Å². The van der Waals surface area contributed by atoms with E-state index in [-0.39, 0.29) is 37.9 Å². The fraction of sp³-hybridized carbons (Fsp3) is 0.222. The van der Waals surface area contributed by atoms with Crippen molar-refractivity contribution >= 4 is 90.8 Å². The summed E-state index contributed by atoms with van der Waals surface area (Å²) in [5, 5.41) is 32.8. The molecule has 7 aromatic rings. The number of fused-ring (bicyclic) bond motifs is 1. The lowest BCUT2D eigenvalue weighted by molar-refractivity contribution is -0.116. The SMILES string of the molecule is CCCSc1nc(NCCN)c2nnn(Cc3ccc(C#CC(=O)NCCOCCNC(=O)c4ccc(-c5csc(N6N=C(c7ccccc7)/C(=N\Nc7nccs7)C6=O)n5)cc4)cc3)c2n1. The Hall–Kier alpha value is -7.42. The van der Waals surface area contributed by atoms with E-state index >= 15 is 0 Å². The molecule has 0 saturated heterocycles. The topological polar surface area (TPSA) is 245 Å². The second kappa shape index (κ2) is 22.7. The molecule has 67 heavy (non-hydrogen) atoms. The molecule has 0 fully saturated rings. The van der Waals surface area contributed by atoms with E-state index < -0.39 is 11.8 Å². The number of hydrogen-bond acceptors (Lipinski definition) is 18. The van der Waals surface area contributed by atoms with Crippen molar-refractivity contribution in [3.8, 4) is 23.1 Å². The highest BCUT2D eigenvalue weighted by Crippen LogP contribution is 2.31. The third-order valence-electron chi connectivity index (χ3n) is 9.56. The van der Waals surface area contributed by atoms with Crippen LogP contribution in [0.15, 0.2) is 111 Å². The molecule has 5 heterocycles. The molecule has 8 rings (SSSR count). The summed E-state index contributed by atoms with van der Waals surface area (Å²) in [5.74, 6) is 5.88. The second-order valence-electron chi connectivity index (χ2n) is 14.3. The van der Waals surface area contributed by atoms with E-state index in [1.807, 2.05) is 60.0 Å². The van der Waals surface area contributed by atoms with Gasteiger partial charge in [0.1, 0.15) is 5.71 Å². The molecule has 0 spiro atoms. The van der Waals surface area contributed by atoms with Crippen LogP contribution in [0.2, 0.25) is 0 Å². The number of benzene rings is 3. The molecule has 0 aliphatic carbocycles. The van der Waals surface area contributed by atoms with Crippen LogP contribution in [0, 0.1) is 11.8 Å². The number of ether oxygens (including phenoxy) is 1. The number of rotatable bonds is 20. The van der Waals surface area contributed by atoms with Crippen LogP contribution >= 0.6 is 34.4 Å². The predicted molar refractivity (Wildman–Crippen MR) is 261 cm³/mol. The number of nitrogens with one attached hydrogen (secondary N) is 4. The highest BCUT2D eigenvalue weighted by Gasteiger charge is 2.36. The molecule has 0 unspecified atom stereocenters. The van der Waals surface area contributed by atoms with Gasteiger partial charge in [0.2, 0.25) is 10.3 Å². The summed E-state index contributed by atoms with van der Waals surface area (Å²) >= 11 is 4.20. The molecule has 0 bridgehead atoms. The maximum Gasteiger partial charge on any atom is 0.303 e. The fourth-order valence-electron chi connectivity index (χ4n) is 6.32. The first kappa shape index (κ1) is 46.1. The summed E-state index contributed by atoms with van der Waals surface area (Å²) in [6.07, 6.45) is 2.64. The zero-order valence-electron chi connectivity index (χ0n) is 36.0. The van der Waals surface area contributed by atoms with Gasteiger partial charge in [-0.3, -0.25) is 19.8 Å². The number of carbonyl (C=O) groups excluding carboxylic acids is 3. The molecular formula is C45H43N15O4S3. The lowest BCUT2D eigenvalue weighted by atomic mass is 10.1. The van der Waals surface area contributed by atoms with E-state index in [9.17, 15) is 14.4 Å². The van der Waals surface area contributed by atoms with Gasteiger partial charge in [-0.2, -0.15) is 15.2 Å². The maximum atomic E-state index is 13.6. The van der Waals surface area contributed by atoms with Gasteiger partial charge in [0.05, 0.1) is 25.5 Å².